The predicted octanol–water partition coefficient (Wildman–Crippen LogP) is 1.53. The number of aliphatic hydroxyl groups is 1. The van der Waals surface area contributed by atoms with Crippen LogP contribution in [0.4, 0.5) is 0 Å². The summed E-state index contributed by atoms with van der Waals surface area (Å²) < 4.78 is 10.5. The van der Waals surface area contributed by atoms with Crippen molar-refractivity contribution in [1.29, 1.82) is 0 Å². The van der Waals surface area contributed by atoms with Crippen molar-refractivity contribution in [2.75, 3.05) is 20.3 Å². The van der Waals surface area contributed by atoms with Gasteiger partial charge in [0, 0.05) is 25.7 Å². The molecule has 2 N–H and O–H groups in total. The molecule has 0 aliphatic carbocycles. The minimum absolute atomic E-state index is 0.0953. The SMILES string of the molecule is COCc1ccc(CNCC(C)(C)CO)o1. The van der Waals surface area contributed by atoms with E-state index < -0.39 is 0 Å². The smallest absolute Gasteiger partial charge is 0.129 e. The number of rotatable bonds is 7. The Hall–Kier alpha value is -0.840. The van der Waals surface area contributed by atoms with Crippen LogP contribution >= 0.6 is 0 Å². The molecule has 16 heavy (non-hydrogen) atoms. The molecule has 92 valence electrons. The fourth-order valence-corrected chi connectivity index (χ4v) is 1.32. The van der Waals surface area contributed by atoms with Crippen molar-refractivity contribution in [2.45, 2.75) is 27.0 Å². The standard InChI is InChI=1S/C12H21NO3/c1-12(2,9-14)8-13-6-10-4-5-11(16-10)7-15-3/h4-5,13-14H,6-9H2,1-3H3. The van der Waals surface area contributed by atoms with Crippen molar-refractivity contribution in [2.24, 2.45) is 5.41 Å². The van der Waals surface area contributed by atoms with Gasteiger partial charge in [-0.15, -0.1) is 0 Å². The lowest BCUT2D eigenvalue weighted by Gasteiger charge is -2.21. The molecule has 0 saturated heterocycles. The minimum atomic E-state index is -0.0953. The third-order valence-corrected chi connectivity index (χ3v) is 2.33. The highest BCUT2D eigenvalue weighted by Gasteiger charge is 2.15. The molecular formula is C12H21NO3. The van der Waals surface area contributed by atoms with Crippen LogP contribution < -0.4 is 5.32 Å². The molecule has 0 unspecified atom stereocenters. The molecule has 4 nitrogen and oxygen atoms in total. The monoisotopic (exact) mass is 227 g/mol. The van der Waals surface area contributed by atoms with Crippen molar-refractivity contribution in [1.82, 2.24) is 5.32 Å². The summed E-state index contributed by atoms with van der Waals surface area (Å²) in [6.07, 6.45) is 0. The summed E-state index contributed by atoms with van der Waals surface area (Å²) in [6.45, 7) is 6.13. The van der Waals surface area contributed by atoms with Gasteiger partial charge in [-0.1, -0.05) is 13.8 Å². The third kappa shape index (κ3) is 4.35. The first-order chi connectivity index (χ1) is 7.57. The number of hydrogen-bond donors (Lipinski definition) is 2. The lowest BCUT2D eigenvalue weighted by atomic mass is 9.95. The van der Waals surface area contributed by atoms with Crippen LogP contribution in [-0.4, -0.2) is 25.4 Å². The van der Waals surface area contributed by atoms with Gasteiger partial charge in [-0.3, -0.25) is 0 Å². The van der Waals surface area contributed by atoms with Crippen LogP contribution in [0.1, 0.15) is 25.4 Å². The maximum atomic E-state index is 9.09. The van der Waals surface area contributed by atoms with Gasteiger partial charge in [0.1, 0.15) is 18.1 Å². The molecular weight excluding hydrogens is 206 g/mol. The number of nitrogens with one attached hydrogen (secondary N) is 1. The van der Waals surface area contributed by atoms with Crippen LogP contribution in [0.3, 0.4) is 0 Å². The van der Waals surface area contributed by atoms with E-state index in [-0.39, 0.29) is 12.0 Å². The lowest BCUT2D eigenvalue weighted by molar-refractivity contribution is 0.153. The Morgan fingerprint density at radius 3 is 2.69 bits per heavy atom. The van der Waals surface area contributed by atoms with E-state index in [4.69, 9.17) is 14.3 Å². The quantitative estimate of drug-likeness (QED) is 0.742. The fourth-order valence-electron chi connectivity index (χ4n) is 1.32. The number of hydrogen-bond acceptors (Lipinski definition) is 4. The molecule has 1 aromatic heterocycles. The Morgan fingerprint density at radius 2 is 2.06 bits per heavy atom. The largest absolute Gasteiger partial charge is 0.462 e. The fraction of sp³-hybridized carbons (Fsp3) is 0.667. The number of aliphatic hydroxyl groups excluding tert-OH is 1. The van der Waals surface area contributed by atoms with Gasteiger partial charge in [0.2, 0.25) is 0 Å². The topological polar surface area (TPSA) is 54.6 Å². The van der Waals surface area contributed by atoms with E-state index in [1.807, 2.05) is 26.0 Å². The van der Waals surface area contributed by atoms with Crippen molar-refractivity contribution in [3.63, 3.8) is 0 Å². The summed E-state index contributed by atoms with van der Waals surface area (Å²) in [5, 5.41) is 12.3. The van der Waals surface area contributed by atoms with Gasteiger partial charge in [-0.05, 0) is 12.1 Å². The average Bonchev–Trinajstić information content (AvgIpc) is 2.66. The molecule has 0 fully saturated rings. The first-order valence-corrected chi connectivity index (χ1v) is 5.45. The molecule has 0 bridgehead atoms. The van der Waals surface area contributed by atoms with Crippen LogP contribution in [0.25, 0.3) is 0 Å². The Kier molecular flexibility index (Phi) is 4.99. The Labute approximate surface area is 96.6 Å². The Morgan fingerprint density at radius 1 is 1.38 bits per heavy atom. The van der Waals surface area contributed by atoms with Crippen molar-refractivity contribution in [3.05, 3.63) is 23.7 Å². The second-order valence-electron chi connectivity index (χ2n) is 4.73. The van der Waals surface area contributed by atoms with Gasteiger partial charge in [-0.25, -0.2) is 0 Å². The van der Waals surface area contributed by atoms with Gasteiger partial charge in [0.05, 0.1) is 6.54 Å². The van der Waals surface area contributed by atoms with Gasteiger partial charge in [0.25, 0.3) is 0 Å². The first kappa shape index (κ1) is 13.2. The van der Waals surface area contributed by atoms with Gasteiger partial charge in [-0.2, -0.15) is 0 Å². The minimum Gasteiger partial charge on any atom is -0.462 e. The van der Waals surface area contributed by atoms with E-state index in [9.17, 15) is 0 Å². The Balaban J connectivity index is 2.31. The van der Waals surface area contributed by atoms with Gasteiger partial charge >= 0.3 is 0 Å². The zero-order valence-corrected chi connectivity index (χ0v) is 10.2. The van der Waals surface area contributed by atoms with Crippen LogP contribution in [0, 0.1) is 5.41 Å². The summed E-state index contributed by atoms with van der Waals surface area (Å²) in [5.41, 5.74) is -0.0953. The highest BCUT2D eigenvalue weighted by molar-refractivity contribution is 5.06. The zero-order chi connectivity index (χ0) is 12.0. The highest BCUT2D eigenvalue weighted by atomic mass is 16.5. The number of ether oxygens (including phenoxy) is 1. The van der Waals surface area contributed by atoms with E-state index in [2.05, 4.69) is 5.32 Å². The first-order valence-electron chi connectivity index (χ1n) is 5.45. The van der Waals surface area contributed by atoms with E-state index >= 15 is 0 Å². The predicted molar refractivity (Wildman–Crippen MR) is 62.0 cm³/mol. The number of methoxy groups -OCH3 is 1. The van der Waals surface area contributed by atoms with Crippen molar-refractivity contribution in [3.8, 4) is 0 Å². The third-order valence-electron chi connectivity index (χ3n) is 2.33. The maximum Gasteiger partial charge on any atom is 0.129 e. The van der Waals surface area contributed by atoms with Crippen molar-refractivity contribution < 1.29 is 14.3 Å². The lowest BCUT2D eigenvalue weighted by Crippen LogP contribution is -2.31. The molecule has 0 aromatic carbocycles. The van der Waals surface area contributed by atoms with E-state index in [0.717, 1.165) is 18.1 Å². The van der Waals surface area contributed by atoms with E-state index in [0.29, 0.717) is 13.2 Å². The molecule has 0 amide bonds. The summed E-state index contributed by atoms with van der Waals surface area (Å²) in [7, 11) is 1.64. The second-order valence-corrected chi connectivity index (χ2v) is 4.73. The molecule has 0 radical (unpaired) electrons. The van der Waals surface area contributed by atoms with Gasteiger partial charge in [0.15, 0.2) is 0 Å². The summed E-state index contributed by atoms with van der Waals surface area (Å²) in [5.74, 6) is 1.72. The maximum absolute atomic E-state index is 9.09. The molecule has 0 aliphatic heterocycles. The van der Waals surface area contributed by atoms with Crippen LogP contribution in [0.5, 0.6) is 0 Å². The summed E-state index contributed by atoms with van der Waals surface area (Å²) in [4.78, 5) is 0. The Bertz CT molecular complexity index is 307. The molecule has 0 saturated carbocycles. The molecule has 0 spiro atoms. The molecule has 0 atom stereocenters. The second kappa shape index (κ2) is 6.03. The number of furan rings is 1. The van der Waals surface area contributed by atoms with Crippen molar-refractivity contribution >= 4 is 0 Å². The molecule has 0 aliphatic rings. The van der Waals surface area contributed by atoms with Crippen LogP contribution in [0.2, 0.25) is 0 Å². The van der Waals surface area contributed by atoms with Gasteiger partial charge < -0.3 is 19.6 Å². The molecule has 1 heterocycles. The zero-order valence-electron chi connectivity index (χ0n) is 10.2. The van der Waals surface area contributed by atoms with E-state index in [1.165, 1.54) is 0 Å². The van der Waals surface area contributed by atoms with Crippen LogP contribution in [-0.2, 0) is 17.9 Å². The summed E-state index contributed by atoms with van der Waals surface area (Å²) in [6, 6.07) is 3.85. The normalized spacial score (nSPS) is 12.0. The molecule has 4 heteroatoms. The average molecular weight is 227 g/mol. The highest BCUT2D eigenvalue weighted by Crippen LogP contribution is 2.13. The van der Waals surface area contributed by atoms with E-state index in [1.54, 1.807) is 7.11 Å². The summed E-state index contributed by atoms with van der Waals surface area (Å²) >= 11 is 0. The van der Waals surface area contributed by atoms with Crippen LogP contribution in [0.15, 0.2) is 16.5 Å². The molecule has 1 aromatic rings. The molecule has 1 rings (SSSR count).